The standard InChI is InChI=1S/C18H29N3O2/c1-12(2)14(16(22)20-9-17(4)10-23-11-17)13(3)15(19-6)21-18(5)7-8-18/h21H,6-11H2,1-5H3,(H,20,22)/b15-13-. The van der Waals surface area contributed by atoms with Gasteiger partial charge in [-0.2, -0.15) is 0 Å². The highest BCUT2D eigenvalue weighted by Crippen LogP contribution is 2.36. The summed E-state index contributed by atoms with van der Waals surface area (Å²) in [5.74, 6) is 0.647. The molecule has 1 aliphatic heterocycles. The number of ether oxygens (including phenoxy) is 1. The number of nitrogens with zero attached hydrogens (tertiary/aromatic N) is 1. The minimum absolute atomic E-state index is 0.0549. The molecule has 1 aliphatic carbocycles. The predicted octanol–water partition coefficient (Wildman–Crippen LogP) is 2.55. The minimum Gasteiger partial charge on any atom is -0.380 e. The van der Waals surface area contributed by atoms with Crippen LogP contribution in [0.1, 0.15) is 47.5 Å². The highest BCUT2D eigenvalue weighted by Gasteiger charge is 2.38. The molecule has 0 aromatic carbocycles. The van der Waals surface area contributed by atoms with E-state index < -0.39 is 0 Å². The first-order valence-corrected chi connectivity index (χ1v) is 8.19. The van der Waals surface area contributed by atoms with Crippen molar-refractivity contribution in [2.24, 2.45) is 10.4 Å². The lowest BCUT2D eigenvalue weighted by atomic mass is 9.88. The van der Waals surface area contributed by atoms with E-state index in [2.05, 4.69) is 36.2 Å². The zero-order chi connectivity index (χ0) is 17.3. The van der Waals surface area contributed by atoms with E-state index in [0.29, 0.717) is 31.2 Å². The van der Waals surface area contributed by atoms with Gasteiger partial charge < -0.3 is 15.4 Å². The van der Waals surface area contributed by atoms with Crippen LogP contribution in [-0.2, 0) is 9.53 Å². The van der Waals surface area contributed by atoms with E-state index in [-0.39, 0.29) is 16.9 Å². The molecule has 23 heavy (non-hydrogen) atoms. The maximum absolute atomic E-state index is 12.7. The van der Waals surface area contributed by atoms with E-state index in [1.807, 2.05) is 20.8 Å². The number of hydrogen-bond acceptors (Lipinski definition) is 4. The Morgan fingerprint density at radius 3 is 2.22 bits per heavy atom. The number of nitrogens with one attached hydrogen (secondary N) is 2. The zero-order valence-electron chi connectivity index (χ0n) is 15.0. The molecule has 0 aromatic heterocycles. The summed E-state index contributed by atoms with van der Waals surface area (Å²) in [6.07, 6.45) is 2.24. The largest absolute Gasteiger partial charge is 0.380 e. The smallest absolute Gasteiger partial charge is 0.251 e. The third kappa shape index (κ3) is 4.22. The van der Waals surface area contributed by atoms with Crippen molar-refractivity contribution in [3.8, 4) is 0 Å². The van der Waals surface area contributed by atoms with Crippen LogP contribution in [0.2, 0.25) is 0 Å². The fourth-order valence-corrected chi connectivity index (χ4v) is 2.68. The monoisotopic (exact) mass is 319 g/mol. The van der Waals surface area contributed by atoms with E-state index in [9.17, 15) is 4.79 Å². The number of hydrogen-bond donors (Lipinski definition) is 2. The highest BCUT2D eigenvalue weighted by atomic mass is 16.5. The SMILES string of the molecule is C=N/C(NC1(C)CC1)=C(\C)C(C(=O)NCC1(C)COC1)=C(C)C. The van der Waals surface area contributed by atoms with Crippen molar-refractivity contribution in [3.05, 3.63) is 22.5 Å². The lowest BCUT2D eigenvalue weighted by Gasteiger charge is -2.38. The van der Waals surface area contributed by atoms with Crippen molar-refractivity contribution in [1.29, 1.82) is 0 Å². The molecule has 1 amide bonds. The Labute approximate surface area is 139 Å². The summed E-state index contributed by atoms with van der Waals surface area (Å²) in [5, 5.41) is 6.46. The molecule has 2 fully saturated rings. The predicted molar refractivity (Wildman–Crippen MR) is 93.3 cm³/mol. The first kappa shape index (κ1) is 17.7. The van der Waals surface area contributed by atoms with E-state index in [0.717, 1.165) is 24.0 Å². The number of rotatable bonds is 7. The molecule has 0 aromatic rings. The van der Waals surface area contributed by atoms with E-state index >= 15 is 0 Å². The summed E-state index contributed by atoms with van der Waals surface area (Å²) in [4.78, 5) is 16.8. The molecular weight excluding hydrogens is 290 g/mol. The van der Waals surface area contributed by atoms with Crippen molar-refractivity contribution < 1.29 is 9.53 Å². The number of carbonyl (C=O) groups excluding carboxylic acids is 1. The van der Waals surface area contributed by atoms with Crippen LogP contribution in [0.25, 0.3) is 0 Å². The molecule has 1 saturated carbocycles. The van der Waals surface area contributed by atoms with Crippen LogP contribution in [0, 0.1) is 5.41 Å². The molecule has 5 nitrogen and oxygen atoms in total. The van der Waals surface area contributed by atoms with Crippen molar-refractivity contribution in [3.63, 3.8) is 0 Å². The van der Waals surface area contributed by atoms with Gasteiger partial charge in [-0.3, -0.25) is 4.79 Å². The van der Waals surface area contributed by atoms with Crippen molar-refractivity contribution in [2.75, 3.05) is 19.8 Å². The van der Waals surface area contributed by atoms with E-state index in [1.54, 1.807) is 0 Å². The van der Waals surface area contributed by atoms with Crippen LogP contribution in [0.3, 0.4) is 0 Å². The van der Waals surface area contributed by atoms with E-state index in [4.69, 9.17) is 4.74 Å². The average molecular weight is 319 g/mol. The Bertz CT molecular complexity index is 563. The van der Waals surface area contributed by atoms with Crippen LogP contribution in [-0.4, -0.2) is 37.9 Å². The zero-order valence-corrected chi connectivity index (χ0v) is 15.0. The van der Waals surface area contributed by atoms with Crippen LogP contribution >= 0.6 is 0 Å². The first-order chi connectivity index (χ1) is 10.7. The maximum Gasteiger partial charge on any atom is 0.251 e. The van der Waals surface area contributed by atoms with Crippen LogP contribution in [0.15, 0.2) is 27.5 Å². The lowest BCUT2D eigenvalue weighted by Crippen LogP contribution is -2.49. The first-order valence-electron chi connectivity index (χ1n) is 8.19. The molecule has 1 saturated heterocycles. The van der Waals surface area contributed by atoms with Crippen molar-refractivity contribution in [2.45, 2.75) is 53.0 Å². The van der Waals surface area contributed by atoms with Gasteiger partial charge in [0.05, 0.1) is 13.2 Å². The number of amides is 1. The summed E-state index contributed by atoms with van der Waals surface area (Å²) in [6, 6.07) is 0. The Morgan fingerprint density at radius 1 is 1.22 bits per heavy atom. The number of carbonyl (C=O) groups is 1. The van der Waals surface area contributed by atoms with Gasteiger partial charge in [0.2, 0.25) is 0 Å². The molecule has 1 heterocycles. The third-order valence-corrected chi connectivity index (χ3v) is 4.61. The Kier molecular flexibility index (Phi) is 4.99. The van der Waals surface area contributed by atoms with E-state index in [1.165, 1.54) is 0 Å². The van der Waals surface area contributed by atoms with Crippen LogP contribution in [0.5, 0.6) is 0 Å². The summed E-state index contributed by atoms with van der Waals surface area (Å²) >= 11 is 0. The van der Waals surface area contributed by atoms with Gasteiger partial charge >= 0.3 is 0 Å². The second kappa shape index (κ2) is 6.48. The van der Waals surface area contributed by atoms with Gasteiger partial charge in [0.15, 0.2) is 0 Å². The molecule has 0 spiro atoms. The Hall–Kier alpha value is -1.62. The summed E-state index contributed by atoms with van der Waals surface area (Å²) in [6.45, 7) is 15.8. The molecule has 2 aliphatic rings. The molecule has 128 valence electrons. The van der Waals surface area contributed by atoms with Gasteiger partial charge in [-0.05, 0) is 47.3 Å². The lowest BCUT2D eigenvalue weighted by molar-refractivity contribution is -0.123. The number of aliphatic imine (C=N–C) groups is 1. The van der Waals surface area contributed by atoms with Crippen LogP contribution in [0.4, 0.5) is 0 Å². The van der Waals surface area contributed by atoms with Gasteiger partial charge in [-0.1, -0.05) is 12.5 Å². The third-order valence-electron chi connectivity index (χ3n) is 4.61. The van der Waals surface area contributed by atoms with Crippen molar-refractivity contribution >= 4 is 12.6 Å². The average Bonchev–Trinajstić information content (AvgIpc) is 3.18. The molecule has 2 rings (SSSR count). The van der Waals surface area contributed by atoms with Gasteiger partial charge in [-0.15, -0.1) is 0 Å². The summed E-state index contributed by atoms with van der Waals surface area (Å²) < 4.78 is 5.24. The quantitative estimate of drug-likeness (QED) is 0.431. The van der Waals surface area contributed by atoms with Crippen molar-refractivity contribution in [1.82, 2.24) is 10.6 Å². The maximum atomic E-state index is 12.7. The second-order valence-corrected chi connectivity index (χ2v) is 7.68. The van der Waals surface area contributed by atoms with Crippen LogP contribution < -0.4 is 10.6 Å². The van der Waals surface area contributed by atoms with Gasteiger partial charge in [-0.25, -0.2) is 4.99 Å². The second-order valence-electron chi connectivity index (χ2n) is 7.68. The van der Waals surface area contributed by atoms with Gasteiger partial charge in [0.1, 0.15) is 5.82 Å². The molecule has 0 unspecified atom stereocenters. The molecular formula is C18H29N3O2. The Balaban J connectivity index is 2.14. The summed E-state index contributed by atoms with van der Waals surface area (Å²) in [5.41, 5.74) is 2.66. The minimum atomic E-state index is -0.0560. The van der Waals surface area contributed by atoms with Gasteiger partial charge in [0.25, 0.3) is 5.91 Å². The highest BCUT2D eigenvalue weighted by molar-refractivity contribution is 5.98. The molecule has 0 bridgehead atoms. The molecule has 0 radical (unpaired) electrons. The molecule has 0 atom stereocenters. The molecule has 5 heteroatoms. The summed E-state index contributed by atoms with van der Waals surface area (Å²) in [7, 11) is 0. The fourth-order valence-electron chi connectivity index (χ4n) is 2.68. The Morgan fingerprint density at radius 2 is 1.83 bits per heavy atom. The normalized spacial score (nSPS) is 21.4. The van der Waals surface area contributed by atoms with Gasteiger partial charge in [0, 0.05) is 28.6 Å². The molecule has 2 N–H and O–H groups in total. The fraction of sp³-hybridized carbons (Fsp3) is 0.667. The number of allylic oxidation sites excluding steroid dienone is 1. The topological polar surface area (TPSA) is 62.7 Å².